The molecule has 20 rings (SSSR count). The molecule has 0 radical (unpaired) electrons. The summed E-state index contributed by atoms with van der Waals surface area (Å²) in [4.78, 5) is 10.3. The summed E-state index contributed by atoms with van der Waals surface area (Å²) in [7, 11) is 0. The first-order valence-corrected chi connectivity index (χ1v) is 34.8. The van der Waals surface area contributed by atoms with Crippen LogP contribution in [0.3, 0.4) is 0 Å². The van der Waals surface area contributed by atoms with Crippen LogP contribution < -0.4 is 0 Å². The van der Waals surface area contributed by atoms with Crippen molar-refractivity contribution in [2.75, 3.05) is 0 Å². The molecule has 4 heteroatoms. The minimum Gasteiger partial charge on any atom is -0.436 e. The van der Waals surface area contributed by atoms with Gasteiger partial charge in [-0.15, -0.1) is 0 Å². The Kier molecular flexibility index (Phi) is 14.9. The lowest BCUT2D eigenvalue weighted by Gasteiger charge is -2.17. The van der Waals surface area contributed by atoms with E-state index in [9.17, 15) is 0 Å². The third-order valence-electron chi connectivity index (χ3n) is 20.2. The fourth-order valence-electron chi connectivity index (χ4n) is 15.6. The maximum absolute atomic E-state index is 6.90. The zero-order valence-electron chi connectivity index (χ0n) is 55.5. The van der Waals surface area contributed by atoms with Crippen LogP contribution in [0.15, 0.2) is 385 Å². The summed E-state index contributed by atoms with van der Waals surface area (Å²) in [6, 6.07) is 134. The topological polar surface area (TPSA) is 52.1 Å². The van der Waals surface area contributed by atoms with E-state index in [0.717, 1.165) is 89.0 Å². The van der Waals surface area contributed by atoms with Gasteiger partial charge < -0.3 is 8.83 Å². The Balaban J connectivity index is 0.000000143. The smallest absolute Gasteiger partial charge is 0.227 e. The first-order valence-electron chi connectivity index (χ1n) is 34.8. The van der Waals surface area contributed by atoms with Gasteiger partial charge in [0, 0.05) is 22.3 Å². The fraction of sp³-hybridized carbons (Fsp3) is 0. The van der Waals surface area contributed by atoms with Crippen molar-refractivity contribution in [3.05, 3.63) is 376 Å². The minimum atomic E-state index is 0.602. The summed E-state index contributed by atoms with van der Waals surface area (Å²) in [5.74, 6) is 1.22. The molecule has 2 heterocycles. The number of oxazole rings is 2. The normalized spacial score (nSPS) is 11.5. The van der Waals surface area contributed by atoms with E-state index in [4.69, 9.17) is 18.8 Å². The molecule has 0 aliphatic heterocycles. The molecule has 0 unspecified atom stereocenters. The molecule has 102 heavy (non-hydrogen) atoms. The Hall–Kier alpha value is -13.5. The third-order valence-corrected chi connectivity index (χ3v) is 20.2. The summed E-state index contributed by atoms with van der Waals surface area (Å²) in [5, 5.41) is 14.7. The molecule has 0 aliphatic rings. The quantitative estimate of drug-likeness (QED) is 0.128. The van der Waals surface area contributed by atoms with Crippen LogP contribution >= 0.6 is 0 Å². The fourth-order valence-corrected chi connectivity index (χ4v) is 15.6. The van der Waals surface area contributed by atoms with Crippen LogP contribution in [-0.4, -0.2) is 9.97 Å². The average molecular weight is 1300 g/mol. The van der Waals surface area contributed by atoms with Gasteiger partial charge in [-0.3, -0.25) is 0 Å². The van der Waals surface area contributed by atoms with Gasteiger partial charge in [0.2, 0.25) is 11.8 Å². The Labute approximate surface area is 590 Å². The average Bonchev–Trinajstić information content (AvgIpc) is 1.51. The van der Waals surface area contributed by atoms with Gasteiger partial charge in [0.15, 0.2) is 11.2 Å². The number of fused-ring (bicyclic) bond motifs is 8. The van der Waals surface area contributed by atoms with Gasteiger partial charge in [-0.25, -0.2) is 9.97 Å². The first-order chi connectivity index (χ1) is 50.6. The Bertz CT molecular complexity index is 6260. The molecule has 0 bridgehead atoms. The van der Waals surface area contributed by atoms with Crippen LogP contribution in [0.5, 0.6) is 0 Å². The Morgan fingerprint density at radius 2 is 0.490 bits per heavy atom. The molecule has 2 aromatic heterocycles. The van der Waals surface area contributed by atoms with Crippen molar-refractivity contribution >= 4 is 86.8 Å². The summed E-state index contributed by atoms with van der Waals surface area (Å²) >= 11 is 0. The summed E-state index contributed by atoms with van der Waals surface area (Å²) in [5.41, 5.74) is 23.8. The van der Waals surface area contributed by atoms with E-state index in [0.29, 0.717) is 11.8 Å². The first kappa shape index (κ1) is 59.7. The second-order valence-corrected chi connectivity index (χ2v) is 26.1. The molecule has 20 aromatic rings. The van der Waals surface area contributed by atoms with E-state index in [1.54, 1.807) is 0 Å². The van der Waals surface area contributed by atoms with Crippen LogP contribution in [-0.2, 0) is 0 Å². The molecule has 4 nitrogen and oxygen atoms in total. The second kappa shape index (κ2) is 25.4. The lowest BCUT2D eigenvalue weighted by atomic mass is 9.86. The van der Waals surface area contributed by atoms with Crippen molar-refractivity contribution < 1.29 is 8.83 Å². The van der Waals surface area contributed by atoms with Gasteiger partial charge in [0.05, 0.1) is 0 Å². The number of rotatable bonds is 10. The van der Waals surface area contributed by atoms with Crippen molar-refractivity contribution in [3.8, 4) is 112 Å². The van der Waals surface area contributed by atoms with Crippen molar-refractivity contribution in [2.45, 2.75) is 0 Å². The molecule has 0 fully saturated rings. The molecular formula is C98H62N2O2. The molecule has 0 amide bonds. The number of hydrogen-bond acceptors (Lipinski definition) is 4. The molecule has 0 saturated heterocycles. The molecule has 0 aliphatic carbocycles. The highest BCUT2D eigenvalue weighted by Crippen LogP contribution is 2.48. The highest BCUT2D eigenvalue weighted by molar-refractivity contribution is 6.23. The standard InChI is InChI=1S/C53H33NO.C45H29NO/c1-2-16-36(17-3-1)49-43-22-8-10-24-45(43)50(46-25-11-9-23-44(46)49)37-28-30-38(31-29-37)53-54-51-47(41-26-12-18-34-14-4-6-20-39(34)41)32-33-48(52(51)55-53)42-27-13-19-35-15-5-7-21-40(35)42;1-4-14-30(15-5-1)39-28-41-42(29-40(39)31-16-6-2-7-17-31)47-45(46-41)34-26-24-33(25-27-34)44-37-22-12-10-20-35(37)43(32-18-8-3-9-19-32)36-21-11-13-23-38(36)44/h1-33H;1-29H. The van der Waals surface area contributed by atoms with E-state index in [1.807, 2.05) is 12.1 Å². The molecule has 0 atom stereocenters. The minimum absolute atomic E-state index is 0.602. The van der Waals surface area contributed by atoms with E-state index < -0.39 is 0 Å². The van der Waals surface area contributed by atoms with E-state index in [1.165, 1.54) is 98.0 Å². The summed E-state index contributed by atoms with van der Waals surface area (Å²) < 4.78 is 13.3. The molecule has 476 valence electrons. The van der Waals surface area contributed by atoms with Crippen LogP contribution in [0.4, 0.5) is 0 Å². The number of aromatic nitrogens is 2. The van der Waals surface area contributed by atoms with E-state index in [2.05, 4.69) is 364 Å². The van der Waals surface area contributed by atoms with Gasteiger partial charge in [-0.2, -0.15) is 0 Å². The number of benzene rings is 18. The number of nitrogens with zero attached hydrogens (tertiary/aromatic N) is 2. The lowest BCUT2D eigenvalue weighted by Crippen LogP contribution is -1.90. The largest absolute Gasteiger partial charge is 0.436 e. The van der Waals surface area contributed by atoms with Crippen molar-refractivity contribution in [1.82, 2.24) is 9.97 Å². The maximum Gasteiger partial charge on any atom is 0.227 e. The third kappa shape index (κ3) is 10.5. The van der Waals surface area contributed by atoms with Crippen molar-refractivity contribution in [1.29, 1.82) is 0 Å². The van der Waals surface area contributed by atoms with Gasteiger partial charge in [-0.05, 0) is 185 Å². The maximum atomic E-state index is 6.90. The molecule has 0 saturated carbocycles. The zero-order valence-corrected chi connectivity index (χ0v) is 55.5. The van der Waals surface area contributed by atoms with Gasteiger partial charge in [0.1, 0.15) is 11.0 Å². The van der Waals surface area contributed by atoms with Crippen molar-refractivity contribution in [2.24, 2.45) is 0 Å². The van der Waals surface area contributed by atoms with E-state index in [-0.39, 0.29) is 0 Å². The highest BCUT2D eigenvalue weighted by atomic mass is 16.4. The molecule has 0 N–H and O–H groups in total. The van der Waals surface area contributed by atoms with Gasteiger partial charge in [-0.1, -0.05) is 334 Å². The Morgan fingerprint density at radius 3 is 0.902 bits per heavy atom. The van der Waals surface area contributed by atoms with Crippen LogP contribution in [0.2, 0.25) is 0 Å². The predicted octanol–water partition coefficient (Wildman–Crippen LogP) is 27.2. The monoisotopic (exact) mass is 1300 g/mol. The van der Waals surface area contributed by atoms with Crippen LogP contribution in [0.1, 0.15) is 0 Å². The summed E-state index contributed by atoms with van der Waals surface area (Å²) in [6.07, 6.45) is 0. The van der Waals surface area contributed by atoms with E-state index >= 15 is 0 Å². The van der Waals surface area contributed by atoms with Crippen LogP contribution in [0.25, 0.3) is 199 Å². The molecule has 18 aromatic carbocycles. The molecular weight excluding hydrogens is 1240 g/mol. The van der Waals surface area contributed by atoms with Crippen molar-refractivity contribution in [3.63, 3.8) is 0 Å². The lowest BCUT2D eigenvalue weighted by molar-refractivity contribution is 0.620. The van der Waals surface area contributed by atoms with Gasteiger partial charge in [0.25, 0.3) is 0 Å². The second-order valence-electron chi connectivity index (χ2n) is 26.1. The summed E-state index contributed by atoms with van der Waals surface area (Å²) in [6.45, 7) is 0. The SMILES string of the molecule is c1ccc(-c2c3ccccc3c(-c3ccc(-c4nc5c(-c6cccc7ccccc67)ccc(-c6cccc7ccccc67)c5o4)cc3)c3ccccc23)cc1.c1ccc(-c2cc3nc(-c4ccc(-c5c6ccccc6c(-c6ccccc6)c6ccccc56)cc4)oc3cc2-c2ccccc2)cc1. The molecule has 0 spiro atoms. The number of hydrogen-bond donors (Lipinski definition) is 0. The zero-order chi connectivity index (χ0) is 67.5. The van der Waals surface area contributed by atoms with Gasteiger partial charge >= 0.3 is 0 Å². The van der Waals surface area contributed by atoms with Crippen LogP contribution in [0, 0.1) is 0 Å². The predicted molar refractivity (Wildman–Crippen MR) is 427 cm³/mol. The highest BCUT2D eigenvalue weighted by Gasteiger charge is 2.24. The Morgan fingerprint density at radius 1 is 0.186 bits per heavy atom.